The summed E-state index contributed by atoms with van der Waals surface area (Å²) in [5, 5.41) is 3.78. The third-order valence-electron chi connectivity index (χ3n) is 8.60. The third-order valence-corrected chi connectivity index (χ3v) is 13.1. The highest BCUT2D eigenvalue weighted by Gasteiger charge is 2.52. The van der Waals surface area contributed by atoms with E-state index in [9.17, 15) is 14.4 Å². The molecule has 35 heavy (non-hydrogen) atoms. The van der Waals surface area contributed by atoms with Crippen LogP contribution in [0.25, 0.3) is 10.4 Å². The lowest BCUT2D eigenvalue weighted by Gasteiger charge is -2.48. The zero-order valence-electron chi connectivity index (χ0n) is 23.4. The molecular weight excluding hydrogens is 462 g/mol. The summed E-state index contributed by atoms with van der Waals surface area (Å²) in [5.74, 6) is -0.0239. The lowest BCUT2D eigenvalue weighted by Crippen LogP contribution is -2.48. The number of carbonyl (C=O) groups excluding carboxylic acids is 3. The van der Waals surface area contributed by atoms with Crippen LogP contribution < -0.4 is 0 Å². The van der Waals surface area contributed by atoms with Gasteiger partial charge in [0.1, 0.15) is 11.6 Å². The first-order valence-corrected chi connectivity index (χ1v) is 15.7. The average Bonchev–Trinajstić information content (AvgIpc) is 2.73. The Labute approximate surface area is 212 Å². The van der Waals surface area contributed by atoms with Crippen LogP contribution in [0.4, 0.5) is 0 Å². The van der Waals surface area contributed by atoms with Crippen molar-refractivity contribution in [3.63, 3.8) is 0 Å². The Balaban J connectivity index is 2.83. The Morgan fingerprint density at radius 3 is 2.43 bits per heavy atom. The maximum atomic E-state index is 13.0. The Morgan fingerprint density at radius 2 is 1.89 bits per heavy atom. The van der Waals surface area contributed by atoms with Gasteiger partial charge in [-0.25, -0.2) is 0 Å². The molecule has 0 saturated heterocycles. The van der Waals surface area contributed by atoms with Crippen LogP contribution in [0.2, 0.25) is 18.1 Å². The Kier molecular flexibility index (Phi) is 11.2. The van der Waals surface area contributed by atoms with Crippen molar-refractivity contribution in [3.8, 4) is 0 Å². The molecule has 0 bridgehead atoms. The number of Topliss-reactive ketones (excluding diaryl/α,β-unsaturated/α-hetero) is 2. The molecule has 8 nitrogen and oxygen atoms in total. The fourth-order valence-electron chi connectivity index (χ4n) is 4.94. The fraction of sp³-hybridized carbons (Fsp3) is 0.885. The summed E-state index contributed by atoms with van der Waals surface area (Å²) in [7, 11) is -0.693. The zero-order valence-corrected chi connectivity index (χ0v) is 24.4. The minimum atomic E-state index is -2.06. The number of azide groups is 1. The number of carbonyl (C=O) groups is 3. The standard InChI is InChI=1S/C26H47N3O5Si/c1-19(16-21(18-28-29-27)34-35(8,9)24(2,3)4)15-20(30)12-14-26(6)22(31)11-10-13-25(26,5)17-23(32)33-7/h19,21H,10-18H2,1-9H3/t19-,21-,25-,26-/m1/s1. The number of methoxy groups -OCH3 is 1. The largest absolute Gasteiger partial charge is 0.469 e. The van der Waals surface area contributed by atoms with Gasteiger partial charge >= 0.3 is 5.97 Å². The smallest absolute Gasteiger partial charge is 0.306 e. The van der Waals surface area contributed by atoms with Gasteiger partial charge < -0.3 is 9.16 Å². The summed E-state index contributed by atoms with van der Waals surface area (Å²) >= 11 is 0. The third kappa shape index (κ3) is 8.43. The highest BCUT2D eigenvalue weighted by Crippen LogP contribution is 2.53. The van der Waals surface area contributed by atoms with Crippen molar-refractivity contribution in [1.29, 1.82) is 0 Å². The van der Waals surface area contributed by atoms with Gasteiger partial charge in [-0.05, 0) is 60.7 Å². The van der Waals surface area contributed by atoms with Gasteiger partial charge in [-0.3, -0.25) is 14.4 Å². The molecule has 1 saturated carbocycles. The van der Waals surface area contributed by atoms with Crippen LogP contribution in [0.5, 0.6) is 0 Å². The van der Waals surface area contributed by atoms with Crippen molar-refractivity contribution in [3.05, 3.63) is 10.4 Å². The maximum Gasteiger partial charge on any atom is 0.306 e. The second-order valence-corrected chi connectivity index (χ2v) is 17.2. The van der Waals surface area contributed by atoms with Crippen molar-refractivity contribution in [2.24, 2.45) is 21.9 Å². The van der Waals surface area contributed by atoms with Gasteiger partial charge in [-0.15, -0.1) is 0 Å². The molecule has 0 heterocycles. The number of nitrogens with zero attached hydrogens (tertiary/aromatic N) is 3. The molecule has 0 aromatic heterocycles. The van der Waals surface area contributed by atoms with Gasteiger partial charge in [0, 0.05) is 29.6 Å². The van der Waals surface area contributed by atoms with E-state index in [4.69, 9.17) is 14.7 Å². The predicted octanol–water partition coefficient (Wildman–Crippen LogP) is 6.78. The second kappa shape index (κ2) is 12.5. The Morgan fingerprint density at radius 1 is 1.26 bits per heavy atom. The number of hydrogen-bond acceptors (Lipinski definition) is 6. The number of ether oxygens (including phenoxy) is 1. The number of hydrogen-bond donors (Lipinski definition) is 0. The van der Waals surface area contributed by atoms with Gasteiger partial charge in [0.15, 0.2) is 8.32 Å². The van der Waals surface area contributed by atoms with Gasteiger partial charge in [0.05, 0.1) is 26.2 Å². The van der Waals surface area contributed by atoms with E-state index in [-0.39, 0.29) is 47.6 Å². The molecule has 0 unspecified atom stereocenters. The molecule has 0 aromatic rings. The summed E-state index contributed by atoms with van der Waals surface area (Å²) < 4.78 is 11.4. The zero-order chi connectivity index (χ0) is 27.1. The van der Waals surface area contributed by atoms with E-state index >= 15 is 0 Å². The predicted molar refractivity (Wildman–Crippen MR) is 140 cm³/mol. The van der Waals surface area contributed by atoms with E-state index in [1.165, 1.54) is 7.11 Å². The summed E-state index contributed by atoms with van der Waals surface area (Å²) in [6, 6.07) is 0. The van der Waals surface area contributed by atoms with Crippen molar-refractivity contribution in [2.75, 3.05) is 13.7 Å². The molecule has 0 N–H and O–H groups in total. The Bertz CT molecular complexity index is 818. The van der Waals surface area contributed by atoms with E-state index in [1.54, 1.807) is 0 Å². The molecule has 1 rings (SSSR count). The number of rotatable bonds is 13. The normalized spacial score (nSPS) is 24.9. The summed E-state index contributed by atoms with van der Waals surface area (Å²) in [4.78, 5) is 40.9. The van der Waals surface area contributed by atoms with Crippen LogP contribution >= 0.6 is 0 Å². The van der Waals surface area contributed by atoms with Crippen LogP contribution in [0, 0.1) is 16.7 Å². The monoisotopic (exact) mass is 509 g/mol. The highest BCUT2D eigenvalue weighted by atomic mass is 28.4. The quantitative estimate of drug-likeness (QED) is 0.0891. The van der Waals surface area contributed by atoms with Crippen LogP contribution in [0.1, 0.15) is 92.9 Å². The number of ketones is 2. The molecular formula is C26H47N3O5Si. The molecule has 0 spiro atoms. The van der Waals surface area contributed by atoms with E-state index < -0.39 is 19.1 Å². The van der Waals surface area contributed by atoms with E-state index in [2.05, 4.69) is 43.9 Å². The minimum Gasteiger partial charge on any atom is -0.469 e. The first-order valence-electron chi connectivity index (χ1n) is 12.8. The SMILES string of the molecule is COC(=O)C[C@@]1(C)CCCC(=O)[C@@]1(C)CCC(=O)C[C@@H](C)C[C@H](CN=[N+]=[N-])O[Si](C)(C)C(C)(C)C. The fourth-order valence-corrected chi connectivity index (χ4v) is 6.29. The van der Waals surface area contributed by atoms with Gasteiger partial charge in [-0.1, -0.05) is 46.7 Å². The summed E-state index contributed by atoms with van der Waals surface area (Å²) in [5.41, 5.74) is 7.57. The second-order valence-electron chi connectivity index (χ2n) is 12.4. The molecule has 9 heteroatoms. The Hall–Kier alpha value is -1.70. The van der Waals surface area contributed by atoms with E-state index in [0.717, 1.165) is 12.8 Å². The molecule has 0 aliphatic heterocycles. The molecule has 200 valence electrons. The van der Waals surface area contributed by atoms with Crippen LogP contribution in [-0.4, -0.2) is 45.6 Å². The minimum absolute atomic E-state index is 0.0273. The van der Waals surface area contributed by atoms with Crippen LogP contribution in [-0.2, 0) is 23.5 Å². The molecule has 0 amide bonds. The van der Waals surface area contributed by atoms with Gasteiger partial charge in [0.2, 0.25) is 0 Å². The molecule has 1 aliphatic carbocycles. The van der Waals surface area contributed by atoms with Gasteiger partial charge in [-0.2, -0.15) is 0 Å². The topological polar surface area (TPSA) is 118 Å². The number of esters is 1. The summed E-state index contributed by atoms with van der Waals surface area (Å²) in [6.07, 6.45) is 3.72. The van der Waals surface area contributed by atoms with Crippen molar-refractivity contribution < 1.29 is 23.5 Å². The van der Waals surface area contributed by atoms with Crippen LogP contribution in [0.15, 0.2) is 5.11 Å². The molecule has 1 aliphatic rings. The van der Waals surface area contributed by atoms with Crippen LogP contribution in [0.3, 0.4) is 0 Å². The van der Waals surface area contributed by atoms with Crippen molar-refractivity contribution >= 4 is 25.9 Å². The molecule has 1 fully saturated rings. The van der Waals surface area contributed by atoms with E-state index in [0.29, 0.717) is 32.1 Å². The highest BCUT2D eigenvalue weighted by molar-refractivity contribution is 6.74. The lowest BCUT2D eigenvalue weighted by molar-refractivity contribution is -0.152. The average molecular weight is 510 g/mol. The summed E-state index contributed by atoms with van der Waals surface area (Å²) in [6.45, 7) is 17.0. The first-order chi connectivity index (χ1) is 16.0. The van der Waals surface area contributed by atoms with E-state index in [1.807, 2.05) is 20.8 Å². The molecule has 4 atom stereocenters. The van der Waals surface area contributed by atoms with Gasteiger partial charge in [0.25, 0.3) is 0 Å². The molecule has 0 aromatic carbocycles. The maximum absolute atomic E-state index is 13.0. The van der Waals surface area contributed by atoms with Crippen molar-refractivity contribution in [2.45, 2.75) is 117 Å². The first kappa shape index (κ1) is 31.3. The molecule has 0 radical (unpaired) electrons. The van der Waals surface area contributed by atoms with Crippen molar-refractivity contribution in [1.82, 2.24) is 0 Å². The lowest BCUT2D eigenvalue weighted by atomic mass is 9.54.